The Morgan fingerprint density at radius 1 is 0.408 bits per heavy atom. The first-order valence-electron chi connectivity index (χ1n) is 16.3. The zero-order valence-electron chi connectivity index (χ0n) is 26.3. The summed E-state index contributed by atoms with van der Waals surface area (Å²) in [5.41, 5.74) is 8.47. The van der Waals surface area contributed by atoms with Crippen molar-refractivity contribution in [3.05, 3.63) is 158 Å². The predicted molar refractivity (Wildman–Crippen MR) is 201 cm³/mol. The Balaban J connectivity index is 1.21. The molecular formula is C43H27N6+. The average molecular weight is 628 g/mol. The maximum absolute atomic E-state index is 5.11. The number of rotatable bonds is 4. The smallest absolute Gasteiger partial charge is 0.278 e. The van der Waals surface area contributed by atoms with Crippen LogP contribution in [0.2, 0.25) is 0 Å². The molecule has 4 heterocycles. The van der Waals surface area contributed by atoms with Gasteiger partial charge in [-0.2, -0.15) is 14.5 Å². The summed E-state index contributed by atoms with van der Waals surface area (Å²) in [6, 6.07) is 50.7. The van der Waals surface area contributed by atoms with Gasteiger partial charge in [-0.25, -0.2) is 9.65 Å². The molecule has 0 N–H and O–H groups in total. The van der Waals surface area contributed by atoms with Crippen molar-refractivity contribution in [3.63, 3.8) is 0 Å². The number of allylic oxidation sites excluding steroid dienone is 2. The van der Waals surface area contributed by atoms with E-state index < -0.39 is 0 Å². The van der Waals surface area contributed by atoms with Crippen LogP contribution < -0.4 is 4.67 Å². The Morgan fingerprint density at radius 2 is 0.959 bits per heavy atom. The van der Waals surface area contributed by atoms with E-state index in [4.69, 9.17) is 15.0 Å². The molecule has 0 unspecified atom stereocenters. The van der Waals surface area contributed by atoms with Gasteiger partial charge in [-0.05, 0) is 47.5 Å². The van der Waals surface area contributed by atoms with E-state index in [0.29, 0.717) is 17.6 Å². The Kier molecular flexibility index (Phi) is 6.03. The number of nitrogens with zero attached hydrogens (tertiary/aromatic N) is 6. The molecule has 0 fully saturated rings. The van der Waals surface area contributed by atoms with Crippen molar-refractivity contribution in [2.45, 2.75) is 0 Å². The van der Waals surface area contributed by atoms with Crippen molar-refractivity contribution < 1.29 is 0 Å². The van der Waals surface area contributed by atoms with Crippen molar-refractivity contribution in [2.24, 2.45) is 0 Å². The number of hydrogen-bond acceptors (Lipinski definition) is 3. The fourth-order valence-electron chi connectivity index (χ4n) is 7.09. The minimum atomic E-state index is 0.580. The van der Waals surface area contributed by atoms with Crippen LogP contribution in [-0.2, 0) is 0 Å². The van der Waals surface area contributed by atoms with Crippen LogP contribution in [0, 0.1) is 0 Å². The summed E-state index contributed by atoms with van der Waals surface area (Å²) in [6.07, 6.45) is 5.88. The molecule has 0 atom stereocenters. The van der Waals surface area contributed by atoms with E-state index in [1.807, 2.05) is 73.0 Å². The molecule has 6 heteroatoms. The number of aromatic nitrogens is 5. The SMILES string of the molecule is C1=CC(n2c3ccccc3c3cc(-c4ccc5c6ccccc6n(-c6nc(-c7ccccc7)nc(-c7ccccc7)n6)c5c4)ccc32)=[N+]=C1. The molecule has 49 heavy (non-hydrogen) atoms. The summed E-state index contributed by atoms with van der Waals surface area (Å²) < 4.78 is 9.05. The molecule has 6 aromatic carbocycles. The van der Waals surface area contributed by atoms with Gasteiger partial charge in [0.2, 0.25) is 5.95 Å². The van der Waals surface area contributed by atoms with E-state index >= 15 is 0 Å². The van der Waals surface area contributed by atoms with Gasteiger partial charge in [-0.15, -0.1) is 0 Å². The van der Waals surface area contributed by atoms with Crippen LogP contribution in [0.3, 0.4) is 0 Å². The number of benzene rings is 6. The quantitative estimate of drug-likeness (QED) is 0.183. The van der Waals surface area contributed by atoms with Gasteiger partial charge in [0.25, 0.3) is 0 Å². The van der Waals surface area contributed by atoms with Gasteiger partial charge < -0.3 is 0 Å². The van der Waals surface area contributed by atoms with Crippen LogP contribution in [0.4, 0.5) is 0 Å². The second kappa shape index (κ2) is 10.8. The Hall–Kier alpha value is -6.88. The number of para-hydroxylation sites is 2. The topological polar surface area (TPSA) is 62.6 Å². The Bertz CT molecular complexity index is 2790. The lowest BCUT2D eigenvalue weighted by atomic mass is 10.0. The summed E-state index contributed by atoms with van der Waals surface area (Å²) in [5, 5.41) is 4.67. The summed E-state index contributed by atoms with van der Waals surface area (Å²) in [6.45, 7) is 0. The van der Waals surface area contributed by atoms with E-state index in [2.05, 4.69) is 105 Å². The first-order chi connectivity index (χ1) is 24.3. The largest absolute Gasteiger partial charge is 0.380 e. The third-order valence-corrected chi connectivity index (χ3v) is 9.33. The number of fused-ring (bicyclic) bond motifs is 6. The average Bonchev–Trinajstić information content (AvgIpc) is 3.90. The van der Waals surface area contributed by atoms with Crippen molar-refractivity contribution in [2.75, 3.05) is 0 Å². The van der Waals surface area contributed by atoms with Crippen LogP contribution in [0.25, 0.3) is 83.5 Å². The Morgan fingerprint density at radius 3 is 1.63 bits per heavy atom. The molecule has 0 saturated carbocycles. The van der Waals surface area contributed by atoms with E-state index in [0.717, 1.165) is 60.9 Å². The van der Waals surface area contributed by atoms with Crippen molar-refractivity contribution in [1.82, 2.24) is 28.8 Å². The zero-order valence-corrected chi connectivity index (χ0v) is 26.3. The van der Waals surface area contributed by atoms with Crippen LogP contribution in [0.15, 0.2) is 158 Å². The second-order valence-electron chi connectivity index (χ2n) is 12.2. The fraction of sp³-hybridized carbons (Fsp3) is 0. The van der Waals surface area contributed by atoms with E-state index in [1.54, 1.807) is 0 Å². The molecule has 0 bridgehead atoms. The van der Waals surface area contributed by atoms with Gasteiger partial charge in [-0.3, -0.25) is 4.57 Å². The molecule has 1 aliphatic rings. The maximum atomic E-state index is 5.11. The molecule has 6 nitrogen and oxygen atoms in total. The molecular weight excluding hydrogens is 601 g/mol. The predicted octanol–water partition coefficient (Wildman–Crippen LogP) is 9.03. The summed E-state index contributed by atoms with van der Waals surface area (Å²) >= 11 is 0. The lowest BCUT2D eigenvalue weighted by Gasteiger charge is -2.11. The van der Waals surface area contributed by atoms with Crippen molar-refractivity contribution in [3.8, 4) is 39.9 Å². The molecule has 228 valence electrons. The minimum Gasteiger partial charge on any atom is -0.278 e. The van der Waals surface area contributed by atoms with Crippen LogP contribution in [0.1, 0.15) is 0 Å². The highest BCUT2D eigenvalue weighted by Crippen LogP contribution is 2.37. The number of hydrogen-bond donors (Lipinski definition) is 0. The lowest BCUT2D eigenvalue weighted by molar-refractivity contribution is 0.953. The van der Waals surface area contributed by atoms with Crippen LogP contribution in [-0.4, -0.2) is 36.1 Å². The zero-order chi connectivity index (χ0) is 32.3. The normalized spacial score (nSPS) is 12.5. The van der Waals surface area contributed by atoms with Crippen LogP contribution >= 0.6 is 0 Å². The first kappa shape index (κ1) is 27.3. The molecule has 0 aliphatic carbocycles. The van der Waals surface area contributed by atoms with Gasteiger partial charge in [0.1, 0.15) is 11.0 Å². The summed E-state index contributed by atoms with van der Waals surface area (Å²) in [5.74, 6) is 2.77. The van der Waals surface area contributed by atoms with Crippen molar-refractivity contribution >= 4 is 55.7 Å². The van der Waals surface area contributed by atoms with Gasteiger partial charge in [-0.1, -0.05) is 109 Å². The van der Waals surface area contributed by atoms with E-state index in [1.165, 1.54) is 10.8 Å². The van der Waals surface area contributed by atoms with Gasteiger partial charge in [0.15, 0.2) is 17.9 Å². The van der Waals surface area contributed by atoms with Gasteiger partial charge >= 0.3 is 5.84 Å². The van der Waals surface area contributed by atoms with E-state index in [9.17, 15) is 0 Å². The summed E-state index contributed by atoms with van der Waals surface area (Å²) in [7, 11) is 0. The molecule has 9 aromatic rings. The standard InChI is InChI=1S/C43H27N6/c1-3-12-28(13-4-1)41-45-42(29-14-5-2-6-15-29)47-43(46-41)49-37-19-10-7-16-32(37)34-23-21-31(27-39(34)49)30-22-24-38-35(26-30)33-17-8-9-18-36(33)48(38)40-20-11-25-44-40/h1-27H/q+1. The third-order valence-electron chi connectivity index (χ3n) is 9.33. The van der Waals surface area contributed by atoms with E-state index in [-0.39, 0.29) is 0 Å². The van der Waals surface area contributed by atoms with Gasteiger partial charge in [0.05, 0.1) is 17.1 Å². The highest BCUT2D eigenvalue weighted by molar-refractivity contribution is 6.18. The molecule has 0 radical (unpaired) electrons. The first-order valence-corrected chi connectivity index (χ1v) is 16.3. The highest BCUT2D eigenvalue weighted by atomic mass is 15.2. The maximum Gasteiger partial charge on any atom is 0.380 e. The highest BCUT2D eigenvalue weighted by Gasteiger charge is 2.23. The molecule has 0 amide bonds. The van der Waals surface area contributed by atoms with Crippen molar-refractivity contribution in [1.29, 1.82) is 0 Å². The Labute approximate surface area is 281 Å². The molecule has 1 aliphatic heterocycles. The molecule has 3 aromatic heterocycles. The van der Waals surface area contributed by atoms with Gasteiger partial charge in [0, 0.05) is 38.7 Å². The lowest BCUT2D eigenvalue weighted by Crippen LogP contribution is -2.09. The molecule has 0 spiro atoms. The fourth-order valence-corrected chi connectivity index (χ4v) is 7.09. The third kappa shape index (κ3) is 4.36. The monoisotopic (exact) mass is 627 g/mol. The second-order valence-corrected chi connectivity index (χ2v) is 12.2. The van der Waals surface area contributed by atoms with Crippen LogP contribution in [0.5, 0.6) is 0 Å². The molecule has 10 rings (SSSR count). The summed E-state index contributed by atoms with van der Waals surface area (Å²) in [4.78, 5) is 15.2. The molecule has 0 saturated heterocycles. The minimum absolute atomic E-state index is 0.580.